The number of hydrogen-bond donors (Lipinski definition) is 1. The first kappa shape index (κ1) is 14.2. The smallest absolute Gasteiger partial charge is 0.131 e. The molecule has 0 amide bonds. The molecule has 0 fully saturated rings. The van der Waals surface area contributed by atoms with Crippen LogP contribution in [0.15, 0.2) is 40.9 Å². The molecule has 19 heavy (non-hydrogen) atoms. The van der Waals surface area contributed by atoms with Crippen molar-refractivity contribution in [2.45, 2.75) is 13.5 Å². The molecule has 0 aliphatic heterocycles. The van der Waals surface area contributed by atoms with Gasteiger partial charge in [0.05, 0.1) is 0 Å². The largest absolute Gasteiger partial charge is 0.313 e. The summed E-state index contributed by atoms with van der Waals surface area (Å²) in [4.78, 5) is 0. The molecule has 0 spiro atoms. The van der Waals surface area contributed by atoms with Crippen LogP contribution in [0, 0.1) is 11.6 Å². The Bertz CT molecular complexity index is 584. The van der Waals surface area contributed by atoms with E-state index in [9.17, 15) is 8.78 Å². The monoisotopic (exact) mass is 325 g/mol. The van der Waals surface area contributed by atoms with E-state index in [-0.39, 0.29) is 11.1 Å². The average Bonchev–Trinajstić information content (AvgIpc) is 2.40. The van der Waals surface area contributed by atoms with Gasteiger partial charge in [-0.2, -0.15) is 0 Å². The van der Waals surface area contributed by atoms with Crippen LogP contribution in [-0.2, 0) is 6.54 Å². The predicted octanol–water partition coefficient (Wildman–Crippen LogP) is 4.50. The number of rotatable bonds is 4. The summed E-state index contributed by atoms with van der Waals surface area (Å²) in [7, 11) is 0. The van der Waals surface area contributed by atoms with E-state index in [1.807, 2.05) is 6.92 Å². The first-order valence-corrected chi connectivity index (χ1v) is 6.85. The molecular formula is C15H14BrF2N. The van der Waals surface area contributed by atoms with Crippen LogP contribution in [-0.4, -0.2) is 6.54 Å². The number of halogens is 3. The van der Waals surface area contributed by atoms with Crippen LogP contribution in [0.4, 0.5) is 8.78 Å². The summed E-state index contributed by atoms with van der Waals surface area (Å²) in [6.45, 7) is 3.42. The van der Waals surface area contributed by atoms with Crippen LogP contribution in [0.1, 0.15) is 12.5 Å². The van der Waals surface area contributed by atoms with Crippen molar-refractivity contribution < 1.29 is 8.78 Å². The number of benzene rings is 2. The van der Waals surface area contributed by atoms with Crippen LogP contribution >= 0.6 is 15.9 Å². The van der Waals surface area contributed by atoms with E-state index in [2.05, 4.69) is 21.2 Å². The molecule has 0 saturated carbocycles. The number of nitrogens with one attached hydrogen (secondary N) is 1. The minimum Gasteiger partial charge on any atom is -0.313 e. The SMILES string of the molecule is CCNCc1ccc(-c2cc(Br)ccc2F)c(F)c1. The van der Waals surface area contributed by atoms with Gasteiger partial charge in [-0.1, -0.05) is 35.0 Å². The topological polar surface area (TPSA) is 12.0 Å². The van der Waals surface area contributed by atoms with Gasteiger partial charge in [0.2, 0.25) is 0 Å². The second kappa shape index (κ2) is 6.26. The molecule has 0 bridgehead atoms. The van der Waals surface area contributed by atoms with Crippen molar-refractivity contribution in [1.82, 2.24) is 5.32 Å². The van der Waals surface area contributed by atoms with Crippen molar-refractivity contribution >= 4 is 15.9 Å². The molecule has 0 radical (unpaired) electrons. The molecule has 0 aliphatic carbocycles. The van der Waals surface area contributed by atoms with E-state index in [1.54, 1.807) is 24.3 Å². The molecule has 0 aromatic heterocycles. The minimum absolute atomic E-state index is 0.266. The molecule has 2 aromatic rings. The zero-order valence-corrected chi connectivity index (χ0v) is 12.1. The van der Waals surface area contributed by atoms with Gasteiger partial charge in [-0.25, -0.2) is 8.78 Å². The summed E-state index contributed by atoms with van der Waals surface area (Å²) >= 11 is 3.27. The zero-order valence-electron chi connectivity index (χ0n) is 10.5. The van der Waals surface area contributed by atoms with Gasteiger partial charge in [0, 0.05) is 22.1 Å². The van der Waals surface area contributed by atoms with E-state index < -0.39 is 11.6 Å². The maximum atomic E-state index is 14.1. The van der Waals surface area contributed by atoms with Gasteiger partial charge < -0.3 is 5.32 Å². The van der Waals surface area contributed by atoms with Crippen LogP contribution < -0.4 is 5.32 Å². The first-order valence-electron chi connectivity index (χ1n) is 6.06. The Balaban J connectivity index is 2.37. The highest BCUT2D eigenvalue weighted by Crippen LogP contribution is 2.28. The lowest BCUT2D eigenvalue weighted by Gasteiger charge is -2.08. The Morgan fingerprint density at radius 3 is 2.47 bits per heavy atom. The molecular weight excluding hydrogens is 312 g/mol. The van der Waals surface area contributed by atoms with Crippen LogP contribution in [0.2, 0.25) is 0 Å². The van der Waals surface area contributed by atoms with Crippen molar-refractivity contribution in [3.8, 4) is 11.1 Å². The Hall–Kier alpha value is -1.26. The van der Waals surface area contributed by atoms with Gasteiger partial charge in [-0.3, -0.25) is 0 Å². The summed E-state index contributed by atoms with van der Waals surface area (Å²) in [6.07, 6.45) is 0. The van der Waals surface area contributed by atoms with E-state index in [4.69, 9.17) is 0 Å². The number of hydrogen-bond acceptors (Lipinski definition) is 1. The van der Waals surface area contributed by atoms with Crippen molar-refractivity contribution in [3.05, 3.63) is 58.1 Å². The molecule has 2 rings (SSSR count). The van der Waals surface area contributed by atoms with E-state index in [0.717, 1.165) is 16.6 Å². The fourth-order valence-electron chi connectivity index (χ4n) is 1.86. The second-order valence-electron chi connectivity index (χ2n) is 4.22. The van der Waals surface area contributed by atoms with Gasteiger partial charge in [0.25, 0.3) is 0 Å². The Labute approximate surface area is 119 Å². The van der Waals surface area contributed by atoms with Crippen LogP contribution in [0.3, 0.4) is 0 Å². The van der Waals surface area contributed by atoms with Crippen LogP contribution in [0.25, 0.3) is 11.1 Å². The first-order chi connectivity index (χ1) is 9.11. The van der Waals surface area contributed by atoms with Crippen molar-refractivity contribution in [2.24, 2.45) is 0 Å². The Morgan fingerprint density at radius 2 is 1.79 bits per heavy atom. The third-order valence-corrected chi connectivity index (χ3v) is 3.32. The lowest BCUT2D eigenvalue weighted by Crippen LogP contribution is -2.11. The third-order valence-electron chi connectivity index (χ3n) is 2.83. The van der Waals surface area contributed by atoms with Crippen molar-refractivity contribution in [2.75, 3.05) is 6.54 Å². The van der Waals surface area contributed by atoms with Gasteiger partial charge in [0.15, 0.2) is 0 Å². The molecule has 1 nitrogen and oxygen atoms in total. The second-order valence-corrected chi connectivity index (χ2v) is 5.13. The highest BCUT2D eigenvalue weighted by atomic mass is 79.9. The lowest BCUT2D eigenvalue weighted by atomic mass is 10.0. The molecule has 4 heteroatoms. The molecule has 100 valence electrons. The van der Waals surface area contributed by atoms with Crippen molar-refractivity contribution in [1.29, 1.82) is 0 Å². The maximum absolute atomic E-state index is 14.1. The Morgan fingerprint density at radius 1 is 1.00 bits per heavy atom. The predicted molar refractivity (Wildman–Crippen MR) is 76.9 cm³/mol. The van der Waals surface area contributed by atoms with Gasteiger partial charge in [0.1, 0.15) is 11.6 Å². The third kappa shape index (κ3) is 3.39. The fraction of sp³-hybridized carbons (Fsp3) is 0.200. The van der Waals surface area contributed by atoms with E-state index >= 15 is 0 Å². The van der Waals surface area contributed by atoms with Gasteiger partial charge >= 0.3 is 0 Å². The highest BCUT2D eigenvalue weighted by Gasteiger charge is 2.11. The zero-order chi connectivity index (χ0) is 13.8. The molecule has 2 aromatic carbocycles. The van der Waals surface area contributed by atoms with Gasteiger partial charge in [-0.15, -0.1) is 0 Å². The lowest BCUT2D eigenvalue weighted by molar-refractivity contribution is 0.613. The summed E-state index contributed by atoms with van der Waals surface area (Å²) in [5.74, 6) is -0.839. The molecule has 1 N–H and O–H groups in total. The molecule has 0 heterocycles. The molecule has 0 aliphatic rings. The quantitative estimate of drug-likeness (QED) is 0.872. The summed E-state index contributed by atoms with van der Waals surface area (Å²) in [6, 6.07) is 9.37. The average molecular weight is 326 g/mol. The normalized spacial score (nSPS) is 10.7. The Kier molecular flexibility index (Phi) is 4.66. The fourth-order valence-corrected chi connectivity index (χ4v) is 2.22. The summed E-state index contributed by atoms with van der Waals surface area (Å²) in [5, 5.41) is 3.12. The van der Waals surface area contributed by atoms with Crippen molar-refractivity contribution in [3.63, 3.8) is 0 Å². The molecule has 0 saturated heterocycles. The van der Waals surface area contributed by atoms with E-state index in [0.29, 0.717) is 6.54 Å². The summed E-state index contributed by atoms with van der Waals surface area (Å²) < 4.78 is 28.5. The minimum atomic E-state index is -0.429. The highest BCUT2D eigenvalue weighted by molar-refractivity contribution is 9.10. The van der Waals surface area contributed by atoms with E-state index in [1.165, 1.54) is 12.1 Å². The van der Waals surface area contributed by atoms with Crippen LogP contribution in [0.5, 0.6) is 0 Å². The maximum Gasteiger partial charge on any atom is 0.131 e. The molecule has 0 atom stereocenters. The van der Waals surface area contributed by atoms with Gasteiger partial charge in [-0.05, 0) is 36.4 Å². The standard InChI is InChI=1S/C15H14BrF2N/c1-2-19-9-10-3-5-12(15(18)7-10)13-8-11(16)4-6-14(13)17/h3-8,19H,2,9H2,1H3. The summed E-state index contributed by atoms with van der Waals surface area (Å²) in [5.41, 5.74) is 1.39. The molecule has 0 unspecified atom stereocenters.